The Balaban J connectivity index is 2.57. The summed E-state index contributed by atoms with van der Waals surface area (Å²) in [6.07, 6.45) is 7.19. The average Bonchev–Trinajstić information content (AvgIpc) is 2.34. The fraction of sp³-hybridized carbons (Fsp3) is 0.286. The van der Waals surface area contributed by atoms with E-state index >= 15 is 0 Å². The molecule has 0 atom stereocenters. The van der Waals surface area contributed by atoms with Crippen LogP contribution in [0.2, 0.25) is 0 Å². The zero-order chi connectivity index (χ0) is 6.53. The second kappa shape index (κ2) is 3.41. The fourth-order valence-electron chi connectivity index (χ4n) is 0.542. The lowest BCUT2D eigenvalue weighted by Crippen LogP contribution is -1.56. The Morgan fingerprint density at radius 3 is 3.22 bits per heavy atom. The first-order valence-electron chi connectivity index (χ1n) is 2.98. The van der Waals surface area contributed by atoms with Crippen LogP contribution in [0.15, 0.2) is 17.8 Å². The molecule has 0 aliphatic heterocycles. The lowest BCUT2D eigenvalue weighted by Gasteiger charge is -1.77. The van der Waals surface area contributed by atoms with Gasteiger partial charge in [-0.1, -0.05) is 13.0 Å². The summed E-state index contributed by atoms with van der Waals surface area (Å²) in [6, 6.07) is 0. The van der Waals surface area contributed by atoms with Crippen molar-refractivity contribution in [2.75, 3.05) is 0 Å². The van der Waals surface area contributed by atoms with Gasteiger partial charge in [0.1, 0.15) is 0 Å². The van der Waals surface area contributed by atoms with E-state index in [9.17, 15) is 0 Å². The third-order valence-corrected chi connectivity index (χ3v) is 1.71. The topological polar surface area (TPSA) is 12.9 Å². The summed E-state index contributed by atoms with van der Waals surface area (Å²) in [5, 5.41) is 0. The van der Waals surface area contributed by atoms with Gasteiger partial charge in [-0.15, -0.1) is 11.3 Å². The molecule has 0 unspecified atom stereocenters. The Morgan fingerprint density at radius 1 is 1.78 bits per heavy atom. The summed E-state index contributed by atoms with van der Waals surface area (Å²) in [5.41, 5.74) is 1.84. The third-order valence-electron chi connectivity index (χ3n) is 0.969. The van der Waals surface area contributed by atoms with Gasteiger partial charge in [-0.25, -0.2) is 0 Å². The first-order chi connectivity index (χ1) is 4.43. The van der Waals surface area contributed by atoms with Gasteiger partial charge in [0, 0.05) is 11.1 Å². The van der Waals surface area contributed by atoms with E-state index in [-0.39, 0.29) is 0 Å². The van der Waals surface area contributed by atoms with Crippen molar-refractivity contribution < 1.29 is 0 Å². The summed E-state index contributed by atoms with van der Waals surface area (Å²) in [6.45, 7) is 2.12. The van der Waals surface area contributed by atoms with Crippen molar-refractivity contribution in [3.63, 3.8) is 0 Å². The highest BCUT2D eigenvalue weighted by molar-refractivity contribution is 7.10. The zero-order valence-electron chi connectivity index (χ0n) is 5.37. The molecule has 2 heteroatoms. The normalized spacial score (nSPS) is 10.8. The molecule has 0 saturated carbocycles. The van der Waals surface area contributed by atoms with Gasteiger partial charge in [-0.3, -0.25) is 4.98 Å². The second-order valence-corrected chi connectivity index (χ2v) is 2.63. The maximum absolute atomic E-state index is 3.94. The van der Waals surface area contributed by atoms with E-state index in [4.69, 9.17) is 0 Å². The summed E-state index contributed by atoms with van der Waals surface area (Å²) in [7, 11) is 0. The molecule has 1 aromatic heterocycles. The van der Waals surface area contributed by atoms with Crippen LogP contribution in [0.25, 0.3) is 6.08 Å². The first-order valence-corrected chi connectivity index (χ1v) is 3.86. The highest BCUT2D eigenvalue weighted by Gasteiger charge is 1.82. The highest BCUT2D eigenvalue weighted by atomic mass is 32.1. The fourth-order valence-corrected chi connectivity index (χ4v) is 1.08. The SMILES string of the molecule is CC/C=C/c1cncs1. The molecule has 1 rings (SSSR count). The molecule has 0 bridgehead atoms. The van der Waals surface area contributed by atoms with Crippen LogP contribution >= 0.6 is 11.3 Å². The quantitative estimate of drug-likeness (QED) is 0.613. The molecule has 9 heavy (non-hydrogen) atoms. The van der Waals surface area contributed by atoms with E-state index in [2.05, 4.69) is 24.1 Å². The number of allylic oxidation sites excluding steroid dienone is 1. The molecule has 0 amide bonds. The molecule has 0 fully saturated rings. The monoisotopic (exact) mass is 139 g/mol. The van der Waals surface area contributed by atoms with Gasteiger partial charge in [0.25, 0.3) is 0 Å². The highest BCUT2D eigenvalue weighted by Crippen LogP contribution is 2.07. The van der Waals surface area contributed by atoms with Gasteiger partial charge >= 0.3 is 0 Å². The van der Waals surface area contributed by atoms with Gasteiger partial charge in [-0.2, -0.15) is 0 Å². The predicted molar refractivity (Wildman–Crippen MR) is 41.4 cm³/mol. The van der Waals surface area contributed by atoms with Crippen molar-refractivity contribution >= 4 is 17.4 Å². The molecule has 0 aromatic carbocycles. The lowest BCUT2D eigenvalue weighted by atomic mass is 10.4. The lowest BCUT2D eigenvalue weighted by molar-refractivity contribution is 1.23. The van der Waals surface area contributed by atoms with E-state index < -0.39 is 0 Å². The third kappa shape index (κ3) is 1.98. The van der Waals surface area contributed by atoms with E-state index in [0.717, 1.165) is 6.42 Å². The minimum atomic E-state index is 1.10. The van der Waals surface area contributed by atoms with Gasteiger partial charge in [0.05, 0.1) is 5.51 Å². The van der Waals surface area contributed by atoms with Crippen LogP contribution in [0, 0.1) is 0 Å². The van der Waals surface area contributed by atoms with Crippen LogP contribution in [0.3, 0.4) is 0 Å². The molecule has 0 aliphatic carbocycles. The molecule has 0 saturated heterocycles. The van der Waals surface area contributed by atoms with Crippen molar-refractivity contribution in [1.82, 2.24) is 4.98 Å². The molecule has 48 valence electrons. The Morgan fingerprint density at radius 2 is 2.67 bits per heavy atom. The van der Waals surface area contributed by atoms with Crippen molar-refractivity contribution in [2.45, 2.75) is 13.3 Å². The van der Waals surface area contributed by atoms with Crippen LogP contribution in [-0.2, 0) is 0 Å². The molecule has 1 aromatic rings. The van der Waals surface area contributed by atoms with E-state index in [1.165, 1.54) is 4.88 Å². The molecule has 0 spiro atoms. The predicted octanol–water partition coefficient (Wildman–Crippen LogP) is 2.57. The van der Waals surface area contributed by atoms with Crippen molar-refractivity contribution in [1.29, 1.82) is 0 Å². The summed E-state index contributed by atoms with van der Waals surface area (Å²) in [5.74, 6) is 0. The Kier molecular flexibility index (Phi) is 2.46. The van der Waals surface area contributed by atoms with Crippen LogP contribution in [0.5, 0.6) is 0 Å². The minimum absolute atomic E-state index is 1.10. The standard InChI is InChI=1S/C7H9NS/c1-2-3-4-7-5-8-6-9-7/h3-6H,2H2,1H3/b4-3+. The van der Waals surface area contributed by atoms with Crippen molar-refractivity contribution in [3.8, 4) is 0 Å². The Hall–Kier alpha value is -0.630. The smallest absolute Gasteiger partial charge is 0.0797 e. The largest absolute Gasteiger partial charge is 0.253 e. The van der Waals surface area contributed by atoms with Crippen LogP contribution in [0.1, 0.15) is 18.2 Å². The second-order valence-electron chi connectivity index (χ2n) is 1.71. The maximum atomic E-state index is 3.94. The zero-order valence-corrected chi connectivity index (χ0v) is 6.19. The molecular weight excluding hydrogens is 130 g/mol. The number of aromatic nitrogens is 1. The number of rotatable bonds is 2. The first kappa shape index (κ1) is 6.49. The van der Waals surface area contributed by atoms with Gasteiger partial charge in [0.15, 0.2) is 0 Å². The molecular formula is C7H9NS. The van der Waals surface area contributed by atoms with Crippen LogP contribution in [-0.4, -0.2) is 4.98 Å². The summed E-state index contributed by atoms with van der Waals surface area (Å²) in [4.78, 5) is 5.18. The summed E-state index contributed by atoms with van der Waals surface area (Å²) < 4.78 is 0. The van der Waals surface area contributed by atoms with Gasteiger partial charge < -0.3 is 0 Å². The van der Waals surface area contributed by atoms with E-state index in [1.807, 2.05) is 11.7 Å². The van der Waals surface area contributed by atoms with E-state index in [0.29, 0.717) is 0 Å². The molecule has 0 radical (unpaired) electrons. The Labute approximate surface area is 59.1 Å². The number of nitrogens with zero attached hydrogens (tertiary/aromatic N) is 1. The van der Waals surface area contributed by atoms with Crippen LogP contribution in [0.4, 0.5) is 0 Å². The van der Waals surface area contributed by atoms with Gasteiger partial charge in [-0.05, 0) is 12.5 Å². The molecule has 0 N–H and O–H groups in total. The molecule has 1 nitrogen and oxygen atoms in total. The Bertz CT molecular complexity index is 177. The number of hydrogen-bond donors (Lipinski definition) is 0. The molecule has 0 aliphatic rings. The average molecular weight is 139 g/mol. The van der Waals surface area contributed by atoms with Crippen molar-refractivity contribution in [2.24, 2.45) is 0 Å². The maximum Gasteiger partial charge on any atom is 0.0797 e. The number of thiazole rings is 1. The molecule has 1 heterocycles. The minimum Gasteiger partial charge on any atom is -0.253 e. The summed E-state index contributed by atoms with van der Waals surface area (Å²) >= 11 is 1.66. The van der Waals surface area contributed by atoms with Crippen molar-refractivity contribution in [3.05, 3.63) is 22.7 Å². The van der Waals surface area contributed by atoms with Crippen LogP contribution < -0.4 is 0 Å². The number of hydrogen-bond acceptors (Lipinski definition) is 2. The van der Waals surface area contributed by atoms with E-state index in [1.54, 1.807) is 11.3 Å². The van der Waals surface area contributed by atoms with Gasteiger partial charge in [0.2, 0.25) is 0 Å².